The van der Waals surface area contributed by atoms with E-state index < -0.39 is 5.51 Å². The molecule has 1 saturated heterocycles. The van der Waals surface area contributed by atoms with Crippen LogP contribution in [0.2, 0.25) is 0 Å². The molecule has 0 unspecified atom stereocenters. The molecular weight excluding hydrogens is 303 g/mol. The predicted octanol–water partition coefficient (Wildman–Crippen LogP) is 3.25. The number of nitrogens with zero attached hydrogens (tertiary/aromatic N) is 1. The molecule has 0 aromatic heterocycles. The van der Waals surface area contributed by atoms with E-state index in [9.17, 15) is 18.0 Å². The standard InChI is InChI=1S/C13H16F3N3OS/c14-13(15,16)21-11-3-1-10(2-4-11)18-12(20)19-7-5-9(17)6-8-19/h1-4,9H,5-8,17H2,(H,18,20). The number of halogens is 3. The Morgan fingerprint density at radius 1 is 1.24 bits per heavy atom. The summed E-state index contributed by atoms with van der Waals surface area (Å²) in [5, 5.41) is 2.67. The number of rotatable bonds is 2. The van der Waals surface area contributed by atoms with Crippen molar-refractivity contribution in [3.8, 4) is 0 Å². The second-order valence-corrected chi connectivity index (χ2v) is 5.97. The number of nitrogens with two attached hydrogens (primary N) is 1. The van der Waals surface area contributed by atoms with Crippen molar-refractivity contribution in [2.75, 3.05) is 18.4 Å². The number of anilines is 1. The van der Waals surface area contributed by atoms with Crippen molar-refractivity contribution in [1.82, 2.24) is 4.90 Å². The molecule has 1 aromatic rings. The van der Waals surface area contributed by atoms with E-state index in [1.54, 1.807) is 4.90 Å². The molecule has 0 spiro atoms. The highest BCUT2D eigenvalue weighted by atomic mass is 32.2. The zero-order valence-electron chi connectivity index (χ0n) is 11.2. The molecule has 1 aromatic carbocycles. The topological polar surface area (TPSA) is 58.4 Å². The molecule has 21 heavy (non-hydrogen) atoms. The van der Waals surface area contributed by atoms with E-state index in [-0.39, 0.29) is 28.7 Å². The fraction of sp³-hybridized carbons (Fsp3) is 0.462. The van der Waals surface area contributed by atoms with Gasteiger partial charge in [-0.1, -0.05) is 0 Å². The minimum atomic E-state index is -4.31. The van der Waals surface area contributed by atoms with Gasteiger partial charge in [0.05, 0.1) is 0 Å². The number of alkyl halides is 3. The van der Waals surface area contributed by atoms with E-state index in [0.717, 1.165) is 12.8 Å². The zero-order chi connectivity index (χ0) is 15.5. The molecule has 1 aliphatic rings. The van der Waals surface area contributed by atoms with Gasteiger partial charge in [-0.05, 0) is 48.9 Å². The zero-order valence-corrected chi connectivity index (χ0v) is 12.0. The summed E-state index contributed by atoms with van der Waals surface area (Å²) in [6, 6.07) is 5.47. The van der Waals surface area contributed by atoms with Crippen LogP contribution in [0.1, 0.15) is 12.8 Å². The number of amides is 2. The van der Waals surface area contributed by atoms with Crippen molar-refractivity contribution >= 4 is 23.5 Å². The summed E-state index contributed by atoms with van der Waals surface area (Å²) in [4.78, 5) is 13.7. The Morgan fingerprint density at radius 3 is 2.33 bits per heavy atom. The summed E-state index contributed by atoms with van der Waals surface area (Å²) in [6.45, 7) is 1.18. The third kappa shape index (κ3) is 5.13. The van der Waals surface area contributed by atoms with Crippen LogP contribution in [0, 0.1) is 0 Å². The van der Waals surface area contributed by atoms with Crippen LogP contribution in [0.15, 0.2) is 29.2 Å². The highest BCUT2D eigenvalue weighted by Crippen LogP contribution is 2.37. The number of piperidine rings is 1. The average Bonchev–Trinajstić information content (AvgIpc) is 2.40. The Hall–Kier alpha value is -1.41. The Bertz CT molecular complexity index is 484. The third-order valence-corrected chi connectivity index (χ3v) is 3.91. The first-order valence-electron chi connectivity index (χ1n) is 6.51. The molecule has 3 N–H and O–H groups in total. The van der Waals surface area contributed by atoms with Crippen molar-refractivity contribution in [2.24, 2.45) is 5.73 Å². The SMILES string of the molecule is NC1CCN(C(=O)Nc2ccc(SC(F)(F)F)cc2)CC1. The quantitative estimate of drug-likeness (QED) is 0.823. The van der Waals surface area contributed by atoms with Gasteiger partial charge >= 0.3 is 11.5 Å². The maximum absolute atomic E-state index is 12.2. The Morgan fingerprint density at radius 2 is 1.81 bits per heavy atom. The van der Waals surface area contributed by atoms with Crippen LogP contribution in [0.5, 0.6) is 0 Å². The lowest BCUT2D eigenvalue weighted by Crippen LogP contribution is -2.44. The van der Waals surface area contributed by atoms with Gasteiger partial charge in [0, 0.05) is 29.7 Å². The number of benzene rings is 1. The number of carbonyl (C=O) groups is 1. The summed E-state index contributed by atoms with van der Waals surface area (Å²) >= 11 is -0.180. The number of nitrogens with one attached hydrogen (secondary N) is 1. The third-order valence-electron chi connectivity index (χ3n) is 3.17. The molecule has 1 aliphatic heterocycles. The molecular formula is C13H16F3N3OS. The molecule has 8 heteroatoms. The van der Waals surface area contributed by atoms with E-state index in [4.69, 9.17) is 5.73 Å². The van der Waals surface area contributed by atoms with E-state index in [0.29, 0.717) is 18.8 Å². The number of thioether (sulfide) groups is 1. The second kappa shape index (κ2) is 6.57. The first-order chi connectivity index (χ1) is 9.83. The van der Waals surface area contributed by atoms with Crippen molar-refractivity contribution < 1.29 is 18.0 Å². The van der Waals surface area contributed by atoms with Gasteiger partial charge in [0.15, 0.2) is 0 Å². The van der Waals surface area contributed by atoms with Crippen LogP contribution < -0.4 is 11.1 Å². The monoisotopic (exact) mass is 319 g/mol. The van der Waals surface area contributed by atoms with Crippen LogP contribution in [-0.2, 0) is 0 Å². The van der Waals surface area contributed by atoms with Gasteiger partial charge in [-0.2, -0.15) is 13.2 Å². The summed E-state index contributed by atoms with van der Waals surface area (Å²) in [6.07, 6.45) is 1.52. The predicted molar refractivity (Wildman–Crippen MR) is 76.2 cm³/mol. The average molecular weight is 319 g/mol. The van der Waals surface area contributed by atoms with Gasteiger partial charge in [-0.25, -0.2) is 4.79 Å². The molecule has 2 rings (SSSR count). The van der Waals surface area contributed by atoms with Crippen molar-refractivity contribution in [3.05, 3.63) is 24.3 Å². The van der Waals surface area contributed by atoms with Gasteiger partial charge in [0.1, 0.15) is 0 Å². The second-order valence-electron chi connectivity index (χ2n) is 4.83. The summed E-state index contributed by atoms with van der Waals surface area (Å²) in [5.74, 6) is 0. The van der Waals surface area contributed by atoms with Crippen LogP contribution >= 0.6 is 11.8 Å². The summed E-state index contributed by atoms with van der Waals surface area (Å²) in [5.41, 5.74) is 1.93. The first kappa shape index (κ1) is 16.0. The maximum Gasteiger partial charge on any atom is 0.446 e. The maximum atomic E-state index is 12.2. The molecule has 2 amide bonds. The fourth-order valence-electron chi connectivity index (χ4n) is 2.05. The first-order valence-corrected chi connectivity index (χ1v) is 7.32. The van der Waals surface area contributed by atoms with E-state index in [1.807, 2.05) is 0 Å². The minimum absolute atomic E-state index is 0.0874. The lowest BCUT2D eigenvalue weighted by atomic mass is 10.1. The van der Waals surface area contributed by atoms with Gasteiger partial charge in [-0.15, -0.1) is 0 Å². The van der Waals surface area contributed by atoms with Gasteiger partial charge < -0.3 is 16.0 Å². The largest absolute Gasteiger partial charge is 0.446 e. The smallest absolute Gasteiger partial charge is 0.328 e. The van der Waals surface area contributed by atoms with E-state index in [2.05, 4.69) is 5.32 Å². The molecule has 0 radical (unpaired) electrons. The fourth-order valence-corrected chi connectivity index (χ4v) is 2.58. The van der Waals surface area contributed by atoms with Crippen molar-refractivity contribution in [1.29, 1.82) is 0 Å². The summed E-state index contributed by atoms with van der Waals surface area (Å²) < 4.78 is 36.6. The van der Waals surface area contributed by atoms with E-state index >= 15 is 0 Å². The van der Waals surface area contributed by atoms with E-state index in [1.165, 1.54) is 24.3 Å². The molecule has 116 valence electrons. The number of carbonyl (C=O) groups excluding carboxylic acids is 1. The Kier molecular flexibility index (Phi) is 5.00. The number of hydrogen-bond donors (Lipinski definition) is 2. The summed E-state index contributed by atoms with van der Waals surface area (Å²) in [7, 11) is 0. The molecule has 1 heterocycles. The normalized spacial score (nSPS) is 16.9. The number of likely N-dealkylation sites (tertiary alicyclic amines) is 1. The molecule has 1 fully saturated rings. The molecule has 0 saturated carbocycles. The van der Waals surface area contributed by atoms with Gasteiger partial charge in [-0.3, -0.25) is 0 Å². The highest BCUT2D eigenvalue weighted by Gasteiger charge is 2.29. The lowest BCUT2D eigenvalue weighted by molar-refractivity contribution is -0.0328. The van der Waals surface area contributed by atoms with Crippen molar-refractivity contribution in [3.63, 3.8) is 0 Å². The van der Waals surface area contributed by atoms with Crippen LogP contribution in [-0.4, -0.2) is 35.6 Å². The number of urea groups is 1. The molecule has 0 atom stereocenters. The lowest BCUT2D eigenvalue weighted by Gasteiger charge is -2.30. The van der Waals surface area contributed by atoms with Gasteiger partial charge in [0.2, 0.25) is 0 Å². The van der Waals surface area contributed by atoms with Crippen LogP contribution in [0.4, 0.5) is 23.7 Å². The van der Waals surface area contributed by atoms with Crippen LogP contribution in [0.25, 0.3) is 0 Å². The molecule has 0 bridgehead atoms. The molecule has 4 nitrogen and oxygen atoms in total. The minimum Gasteiger partial charge on any atom is -0.328 e. The highest BCUT2D eigenvalue weighted by molar-refractivity contribution is 8.00. The van der Waals surface area contributed by atoms with Gasteiger partial charge in [0.25, 0.3) is 0 Å². The molecule has 0 aliphatic carbocycles. The Balaban J connectivity index is 1.89. The Labute approximate surface area is 124 Å². The number of hydrogen-bond acceptors (Lipinski definition) is 3. The van der Waals surface area contributed by atoms with Crippen LogP contribution in [0.3, 0.4) is 0 Å². The van der Waals surface area contributed by atoms with Crippen molar-refractivity contribution in [2.45, 2.75) is 29.3 Å².